The van der Waals surface area contributed by atoms with E-state index < -0.39 is 11.6 Å². The third-order valence-corrected chi connectivity index (χ3v) is 2.68. The maximum absolute atomic E-state index is 12.2. The topological polar surface area (TPSA) is 67.3 Å². The number of anilines is 1. The van der Waals surface area contributed by atoms with Crippen molar-refractivity contribution in [2.24, 2.45) is 0 Å². The number of nitrogens with one attached hydrogen (secondary N) is 1. The number of rotatable bonds is 2. The van der Waals surface area contributed by atoms with Gasteiger partial charge in [0.1, 0.15) is 17.0 Å². The first-order chi connectivity index (χ1) is 8.97. The van der Waals surface area contributed by atoms with Gasteiger partial charge in [-0.3, -0.25) is 0 Å². The Morgan fingerprint density at radius 2 is 2.11 bits per heavy atom. The molecule has 0 spiro atoms. The maximum atomic E-state index is 12.2. The van der Waals surface area contributed by atoms with E-state index in [4.69, 9.17) is 4.74 Å². The minimum Gasteiger partial charge on any atom is -0.456 e. The lowest BCUT2D eigenvalue weighted by Crippen LogP contribution is -2.44. The first kappa shape index (κ1) is 13.7. The summed E-state index contributed by atoms with van der Waals surface area (Å²) in [6.07, 6.45) is 4.02. The van der Waals surface area contributed by atoms with Crippen LogP contribution in [0.15, 0.2) is 6.20 Å². The molecule has 1 fully saturated rings. The van der Waals surface area contributed by atoms with Crippen LogP contribution in [0.4, 0.5) is 5.82 Å². The van der Waals surface area contributed by atoms with Gasteiger partial charge < -0.3 is 15.0 Å². The van der Waals surface area contributed by atoms with E-state index in [2.05, 4.69) is 21.6 Å². The maximum Gasteiger partial charge on any atom is 0.344 e. The van der Waals surface area contributed by atoms with Crippen molar-refractivity contribution >= 4 is 11.8 Å². The fourth-order valence-corrected chi connectivity index (χ4v) is 1.88. The van der Waals surface area contributed by atoms with Crippen LogP contribution < -0.4 is 10.2 Å². The van der Waals surface area contributed by atoms with Gasteiger partial charge in [-0.05, 0) is 20.8 Å². The monoisotopic (exact) mass is 263 g/mol. The molecule has 0 atom stereocenters. The van der Waals surface area contributed by atoms with Crippen LogP contribution in [-0.2, 0) is 4.74 Å². The van der Waals surface area contributed by atoms with Crippen LogP contribution in [0.5, 0.6) is 0 Å². The second-order valence-electron chi connectivity index (χ2n) is 5.45. The molecule has 1 radical (unpaired) electrons. The zero-order valence-electron chi connectivity index (χ0n) is 11.6. The largest absolute Gasteiger partial charge is 0.456 e. The summed E-state index contributed by atoms with van der Waals surface area (Å²) in [6.45, 7) is 8.87. The Bertz CT molecular complexity index is 450. The van der Waals surface area contributed by atoms with Crippen molar-refractivity contribution in [1.82, 2.24) is 15.3 Å². The highest BCUT2D eigenvalue weighted by atomic mass is 16.6. The molecule has 1 aromatic rings. The minimum absolute atomic E-state index is 0.393. The zero-order chi connectivity index (χ0) is 13.9. The third-order valence-electron chi connectivity index (χ3n) is 2.68. The fraction of sp³-hybridized carbons (Fsp3) is 0.615. The third kappa shape index (κ3) is 3.64. The molecule has 2 rings (SSSR count). The Labute approximate surface area is 113 Å². The molecule has 19 heavy (non-hydrogen) atoms. The number of hydrogen-bond donors (Lipinski definition) is 1. The smallest absolute Gasteiger partial charge is 0.344 e. The van der Waals surface area contributed by atoms with E-state index in [1.54, 1.807) is 0 Å². The summed E-state index contributed by atoms with van der Waals surface area (Å²) in [5.41, 5.74) is -0.132. The van der Waals surface area contributed by atoms with Crippen LogP contribution in [0.1, 0.15) is 31.1 Å². The summed E-state index contributed by atoms with van der Waals surface area (Å²) >= 11 is 0. The molecule has 0 aromatic carbocycles. The van der Waals surface area contributed by atoms with Gasteiger partial charge in [-0.25, -0.2) is 14.8 Å². The lowest BCUT2D eigenvalue weighted by Gasteiger charge is -2.29. The number of ether oxygens (including phenoxy) is 1. The van der Waals surface area contributed by atoms with Gasteiger partial charge in [0.2, 0.25) is 0 Å². The zero-order valence-corrected chi connectivity index (χ0v) is 11.6. The van der Waals surface area contributed by atoms with E-state index in [9.17, 15) is 4.79 Å². The highest BCUT2D eigenvalue weighted by Gasteiger charge is 2.24. The SMILES string of the molecule is CC(C)(C)OC(=O)c1cn[c]nc1N1CCNCC1. The molecule has 0 aliphatic carbocycles. The van der Waals surface area contributed by atoms with Crippen LogP contribution in [0.25, 0.3) is 0 Å². The molecule has 103 valence electrons. The van der Waals surface area contributed by atoms with Crippen LogP contribution in [-0.4, -0.2) is 47.7 Å². The average molecular weight is 263 g/mol. The standard InChI is InChI=1S/C13H19N4O2/c1-13(2,3)19-12(18)10-8-15-9-16-11(10)17-6-4-14-5-7-17/h8,14H,4-7H2,1-3H3. The van der Waals surface area contributed by atoms with Crippen molar-refractivity contribution in [2.75, 3.05) is 31.1 Å². The number of carbonyl (C=O) groups excluding carboxylic acids is 1. The minimum atomic E-state index is -0.530. The summed E-state index contributed by atoms with van der Waals surface area (Å²) < 4.78 is 5.38. The summed E-state index contributed by atoms with van der Waals surface area (Å²) in [5, 5.41) is 3.26. The van der Waals surface area contributed by atoms with E-state index in [-0.39, 0.29) is 0 Å². The van der Waals surface area contributed by atoms with Crippen molar-refractivity contribution in [3.05, 3.63) is 18.1 Å². The molecule has 6 nitrogen and oxygen atoms in total. The summed E-state index contributed by atoms with van der Waals surface area (Å²) in [6, 6.07) is 0. The molecule has 0 bridgehead atoms. The number of esters is 1. The van der Waals surface area contributed by atoms with Crippen molar-refractivity contribution in [3.63, 3.8) is 0 Å². The quantitative estimate of drug-likeness (QED) is 0.790. The lowest BCUT2D eigenvalue weighted by molar-refractivity contribution is 0.00693. The molecule has 1 N–H and O–H groups in total. The number of piperazine rings is 1. The van der Waals surface area contributed by atoms with Gasteiger partial charge in [0.15, 0.2) is 6.33 Å². The molecule has 1 saturated heterocycles. The molecule has 1 aliphatic heterocycles. The van der Waals surface area contributed by atoms with E-state index in [0.29, 0.717) is 11.4 Å². The fourth-order valence-electron chi connectivity index (χ4n) is 1.88. The number of aromatic nitrogens is 2. The van der Waals surface area contributed by atoms with Crippen molar-refractivity contribution in [2.45, 2.75) is 26.4 Å². The number of hydrogen-bond acceptors (Lipinski definition) is 6. The Hall–Kier alpha value is -1.69. The van der Waals surface area contributed by atoms with Crippen molar-refractivity contribution in [1.29, 1.82) is 0 Å². The second-order valence-corrected chi connectivity index (χ2v) is 5.45. The normalized spacial score (nSPS) is 16.3. The van der Waals surface area contributed by atoms with Gasteiger partial charge in [-0.1, -0.05) is 0 Å². The lowest BCUT2D eigenvalue weighted by atomic mass is 10.2. The average Bonchev–Trinajstić information content (AvgIpc) is 2.38. The number of carbonyl (C=O) groups is 1. The van der Waals surface area contributed by atoms with Gasteiger partial charge in [-0.2, -0.15) is 0 Å². The van der Waals surface area contributed by atoms with Gasteiger partial charge in [0.25, 0.3) is 0 Å². The second kappa shape index (κ2) is 5.52. The molecule has 0 amide bonds. The molecule has 1 aromatic heterocycles. The molecule has 0 saturated carbocycles. The molecule has 0 unspecified atom stereocenters. The van der Waals surface area contributed by atoms with Gasteiger partial charge in [0, 0.05) is 32.4 Å². The van der Waals surface area contributed by atoms with E-state index >= 15 is 0 Å². The Morgan fingerprint density at radius 3 is 2.74 bits per heavy atom. The van der Waals surface area contributed by atoms with Crippen molar-refractivity contribution < 1.29 is 9.53 Å². The highest BCUT2D eigenvalue weighted by Crippen LogP contribution is 2.20. The highest BCUT2D eigenvalue weighted by molar-refractivity contribution is 5.94. The van der Waals surface area contributed by atoms with Gasteiger partial charge in [0.05, 0.1) is 0 Å². The van der Waals surface area contributed by atoms with Crippen LogP contribution in [0.2, 0.25) is 0 Å². The predicted molar refractivity (Wildman–Crippen MR) is 71.1 cm³/mol. The first-order valence-electron chi connectivity index (χ1n) is 6.39. The molecular weight excluding hydrogens is 244 g/mol. The van der Waals surface area contributed by atoms with Crippen LogP contribution in [0, 0.1) is 6.33 Å². The van der Waals surface area contributed by atoms with Crippen LogP contribution >= 0.6 is 0 Å². The van der Waals surface area contributed by atoms with E-state index in [1.807, 2.05) is 25.7 Å². The first-order valence-corrected chi connectivity index (χ1v) is 6.39. The predicted octanol–water partition coefficient (Wildman–Crippen LogP) is 0.642. The van der Waals surface area contributed by atoms with E-state index in [0.717, 1.165) is 26.2 Å². The molecule has 2 heterocycles. The molecule has 6 heteroatoms. The van der Waals surface area contributed by atoms with Gasteiger partial charge in [-0.15, -0.1) is 0 Å². The van der Waals surface area contributed by atoms with Crippen LogP contribution in [0.3, 0.4) is 0 Å². The Morgan fingerprint density at radius 1 is 1.42 bits per heavy atom. The number of nitrogens with zero attached hydrogens (tertiary/aromatic N) is 3. The Kier molecular flexibility index (Phi) is 3.99. The summed E-state index contributed by atoms with van der Waals surface area (Å²) in [5.74, 6) is 0.209. The molecule has 1 aliphatic rings. The summed E-state index contributed by atoms with van der Waals surface area (Å²) in [4.78, 5) is 22.1. The van der Waals surface area contributed by atoms with Gasteiger partial charge >= 0.3 is 5.97 Å². The van der Waals surface area contributed by atoms with E-state index in [1.165, 1.54) is 6.20 Å². The Balaban J connectivity index is 2.22. The van der Waals surface area contributed by atoms with Crippen molar-refractivity contribution in [3.8, 4) is 0 Å². The molecular formula is C13H19N4O2. The summed E-state index contributed by atoms with van der Waals surface area (Å²) in [7, 11) is 0.